The molecule has 1 saturated carbocycles. The molecule has 0 amide bonds. The van der Waals surface area contributed by atoms with Crippen molar-refractivity contribution in [3.05, 3.63) is 18.2 Å². The van der Waals surface area contributed by atoms with E-state index in [1.165, 1.54) is 37.8 Å². The van der Waals surface area contributed by atoms with E-state index in [0.29, 0.717) is 0 Å². The lowest BCUT2D eigenvalue weighted by molar-refractivity contribution is 0.316. The Morgan fingerprint density at radius 3 is 2.80 bits per heavy atom. The summed E-state index contributed by atoms with van der Waals surface area (Å²) in [7, 11) is 2.02. The maximum atomic E-state index is 6.21. The molecule has 1 aliphatic rings. The summed E-state index contributed by atoms with van der Waals surface area (Å²) in [5, 5.41) is 0. The molecule has 2 N–H and O–H groups in total. The van der Waals surface area contributed by atoms with Gasteiger partial charge in [0.05, 0.1) is 12.0 Å². The third-order valence-electron chi connectivity index (χ3n) is 3.55. The molecular weight excluding hydrogens is 186 g/mol. The first-order valence-electron chi connectivity index (χ1n) is 5.99. The van der Waals surface area contributed by atoms with Crippen LogP contribution in [0.5, 0.6) is 0 Å². The molecule has 3 nitrogen and oxygen atoms in total. The summed E-state index contributed by atoms with van der Waals surface area (Å²) in [6.07, 6.45) is 11.8. The van der Waals surface area contributed by atoms with Crippen LogP contribution in [-0.2, 0) is 7.05 Å². The van der Waals surface area contributed by atoms with Crippen molar-refractivity contribution in [2.45, 2.75) is 44.6 Å². The predicted octanol–water partition coefficient (Wildman–Crippen LogP) is 2.39. The highest BCUT2D eigenvalue weighted by Crippen LogP contribution is 2.30. The molecule has 1 atom stereocenters. The van der Waals surface area contributed by atoms with Crippen LogP contribution in [0.15, 0.2) is 12.5 Å². The summed E-state index contributed by atoms with van der Waals surface area (Å²) in [6.45, 7) is 0. The van der Waals surface area contributed by atoms with Gasteiger partial charge in [-0.05, 0) is 12.3 Å². The van der Waals surface area contributed by atoms with Crippen LogP contribution in [0.25, 0.3) is 0 Å². The van der Waals surface area contributed by atoms with Gasteiger partial charge in [0, 0.05) is 19.3 Å². The van der Waals surface area contributed by atoms with Crippen molar-refractivity contribution in [3.63, 3.8) is 0 Å². The Balaban J connectivity index is 1.91. The first-order valence-corrected chi connectivity index (χ1v) is 5.99. The van der Waals surface area contributed by atoms with Crippen LogP contribution in [0.4, 0.5) is 0 Å². The Morgan fingerprint density at radius 1 is 1.47 bits per heavy atom. The van der Waals surface area contributed by atoms with Crippen molar-refractivity contribution in [2.75, 3.05) is 0 Å². The van der Waals surface area contributed by atoms with Crippen molar-refractivity contribution < 1.29 is 0 Å². The topological polar surface area (TPSA) is 43.8 Å². The van der Waals surface area contributed by atoms with Gasteiger partial charge >= 0.3 is 0 Å². The third kappa shape index (κ3) is 2.59. The standard InChI is InChI=1S/C12H21N3/c1-15-9-14-8-12(15)11(13)7-10-5-3-2-4-6-10/h8-11H,2-7,13H2,1H3. The highest BCUT2D eigenvalue weighted by atomic mass is 15.0. The van der Waals surface area contributed by atoms with Crippen LogP contribution in [0.3, 0.4) is 0 Å². The molecule has 1 aliphatic carbocycles. The highest BCUT2D eigenvalue weighted by Gasteiger charge is 2.18. The lowest BCUT2D eigenvalue weighted by atomic mass is 9.84. The Hall–Kier alpha value is -0.830. The second-order valence-electron chi connectivity index (χ2n) is 4.78. The first kappa shape index (κ1) is 10.7. The summed E-state index contributed by atoms with van der Waals surface area (Å²) in [4.78, 5) is 4.12. The second-order valence-corrected chi connectivity index (χ2v) is 4.78. The van der Waals surface area contributed by atoms with Gasteiger partial charge in [0.2, 0.25) is 0 Å². The van der Waals surface area contributed by atoms with Crippen molar-refractivity contribution in [1.82, 2.24) is 9.55 Å². The van der Waals surface area contributed by atoms with Gasteiger partial charge in [-0.15, -0.1) is 0 Å². The SMILES string of the molecule is Cn1cncc1C(N)CC1CCCCC1. The molecule has 0 bridgehead atoms. The van der Waals surface area contributed by atoms with E-state index in [0.717, 1.165) is 12.3 Å². The van der Waals surface area contributed by atoms with Crippen LogP contribution in [0.1, 0.15) is 50.3 Å². The largest absolute Gasteiger partial charge is 0.336 e. The zero-order valence-corrected chi connectivity index (χ0v) is 9.52. The van der Waals surface area contributed by atoms with E-state index in [1.54, 1.807) is 0 Å². The van der Waals surface area contributed by atoms with E-state index in [2.05, 4.69) is 4.98 Å². The summed E-state index contributed by atoms with van der Waals surface area (Å²) < 4.78 is 2.04. The normalized spacial score (nSPS) is 20.4. The van der Waals surface area contributed by atoms with Gasteiger partial charge in [0.1, 0.15) is 0 Å². The monoisotopic (exact) mass is 207 g/mol. The number of rotatable bonds is 3. The van der Waals surface area contributed by atoms with Crippen molar-refractivity contribution in [2.24, 2.45) is 18.7 Å². The summed E-state index contributed by atoms with van der Waals surface area (Å²) in [5.41, 5.74) is 7.38. The van der Waals surface area contributed by atoms with E-state index in [9.17, 15) is 0 Å². The lowest BCUT2D eigenvalue weighted by Crippen LogP contribution is -2.19. The second kappa shape index (κ2) is 4.79. The number of hydrogen-bond acceptors (Lipinski definition) is 2. The molecule has 1 unspecified atom stereocenters. The van der Waals surface area contributed by atoms with Crippen molar-refractivity contribution in [3.8, 4) is 0 Å². The molecule has 1 heterocycles. The smallest absolute Gasteiger partial charge is 0.0946 e. The van der Waals surface area contributed by atoms with Crippen LogP contribution in [0, 0.1) is 5.92 Å². The molecule has 3 heteroatoms. The van der Waals surface area contributed by atoms with Gasteiger partial charge in [0.15, 0.2) is 0 Å². The predicted molar refractivity (Wildman–Crippen MR) is 61.3 cm³/mol. The summed E-state index contributed by atoms with van der Waals surface area (Å²) in [5.74, 6) is 0.837. The molecule has 1 aromatic rings. The fourth-order valence-electron chi connectivity index (χ4n) is 2.63. The number of hydrogen-bond donors (Lipinski definition) is 1. The van der Waals surface area contributed by atoms with Gasteiger partial charge in [-0.3, -0.25) is 0 Å². The van der Waals surface area contributed by atoms with Gasteiger partial charge in [-0.1, -0.05) is 32.1 Å². The van der Waals surface area contributed by atoms with Crippen LogP contribution < -0.4 is 5.73 Å². The zero-order valence-electron chi connectivity index (χ0n) is 9.52. The Kier molecular flexibility index (Phi) is 3.41. The van der Waals surface area contributed by atoms with E-state index < -0.39 is 0 Å². The van der Waals surface area contributed by atoms with E-state index in [-0.39, 0.29) is 6.04 Å². The maximum absolute atomic E-state index is 6.21. The molecular formula is C12H21N3. The van der Waals surface area contributed by atoms with E-state index >= 15 is 0 Å². The van der Waals surface area contributed by atoms with Crippen LogP contribution >= 0.6 is 0 Å². The fraction of sp³-hybridized carbons (Fsp3) is 0.750. The Labute approximate surface area is 91.7 Å². The third-order valence-corrected chi connectivity index (χ3v) is 3.55. The minimum Gasteiger partial charge on any atom is -0.336 e. The molecule has 1 fully saturated rings. The van der Waals surface area contributed by atoms with Crippen molar-refractivity contribution >= 4 is 0 Å². The van der Waals surface area contributed by atoms with Crippen LogP contribution in [0.2, 0.25) is 0 Å². The number of imidazole rings is 1. The maximum Gasteiger partial charge on any atom is 0.0946 e. The molecule has 15 heavy (non-hydrogen) atoms. The molecule has 0 aromatic carbocycles. The van der Waals surface area contributed by atoms with Crippen molar-refractivity contribution in [1.29, 1.82) is 0 Å². The van der Waals surface area contributed by atoms with E-state index in [4.69, 9.17) is 5.73 Å². The molecule has 0 aliphatic heterocycles. The molecule has 84 valence electrons. The average molecular weight is 207 g/mol. The van der Waals surface area contributed by atoms with Gasteiger partial charge < -0.3 is 10.3 Å². The molecule has 0 radical (unpaired) electrons. The zero-order chi connectivity index (χ0) is 10.7. The molecule has 0 saturated heterocycles. The van der Waals surface area contributed by atoms with E-state index in [1.807, 2.05) is 24.1 Å². The first-order chi connectivity index (χ1) is 7.27. The van der Waals surface area contributed by atoms with Gasteiger partial charge in [0.25, 0.3) is 0 Å². The molecule has 2 rings (SSSR count). The van der Waals surface area contributed by atoms with Gasteiger partial charge in [-0.2, -0.15) is 0 Å². The number of nitrogens with two attached hydrogens (primary N) is 1. The summed E-state index contributed by atoms with van der Waals surface area (Å²) >= 11 is 0. The number of aryl methyl sites for hydroxylation is 1. The molecule has 0 spiro atoms. The highest BCUT2D eigenvalue weighted by molar-refractivity contribution is 5.04. The quantitative estimate of drug-likeness (QED) is 0.827. The Morgan fingerprint density at radius 2 is 2.20 bits per heavy atom. The molecule has 1 aromatic heterocycles. The Bertz CT molecular complexity index is 300. The number of nitrogens with zero attached hydrogens (tertiary/aromatic N) is 2. The minimum absolute atomic E-state index is 0.167. The van der Waals surface area contributed by atoms with Gasteiger partial charge in [-0.25, -0.2) is 4.98 Å². The van der Waals surface area contributed by atoms with Crippen LogP contribution in [-0.4, -0.2) is 9.55 Å². The fourth-order valence-corrected chi connectivity index (χ4v) is 2.63. The average Bonchev–Trinajstić information content (AvgIpc) is 2.66. The minimum atomic E-state index is 0.167. The lowest BCUT2D eigenvalue weighted by Gasteiger charge is -2.24. The number of aromatic nitrogens is 2. The summed E-state index contributed by atoms with van der Waals surface area (Å²) in [6, 6.07) is 0.167.